The first-order chi connectivity index (χ1) is 9.28. The van der Waals surface area contributed by atoms with Crippen molar-refractivity contribution in [3.8, 4) is 11.5 Å². The molecule has 2 aromatic rings. The molecule has 0 spiro atoms. The highest BCUT2D eigenvalue weighted by molar-refractivity contribution is 5.51. The van der Waals surface area contributed by atoms with Crippen LogP contribution in [0.4, 0.5) is 0 Å². The molecule has 0 bridgehead atoms. The number of hydrogen-bond acceptors (Lipinski definition) is 4. The lowest BCUT2D eigenvalue weighted by Crippen LogP contribution is -2.26. The molecule has 1 aliphatic rings. The molecule has 19 heavy (non-hydrogen) atoms. The molecule has 98 valence electrons. The predicted octanol–water partition coefficient (Wildman–Crippen LogP) is 2.06. The van der Waals surface area contributed by atoms with E-state index in [9.17, 15) is 0 Å². The summed E-state index contributed by atoms with van der Waals surface area (Å²) in [5.74, 6) is 0.765. The van der Waals surface area contributed by atoms with E-state index in [1.165, 1.54) is 11.3 Å². The fraction of sp³-hybridized carbons (Fsp3) is 0.400. The minimum absolute atomic E-state index is 0.765. The molecule has 3 heterocycles. The van der Waals surface area contributed by atoms with E-state index >= 15 is 0 Å². The summed E-state index contributed by atoms with van der Waals surface area (Å²) in [5, 5.41) is 3.39. The van der Waals surface area contributed by atoms with E-state index in [1.807, 2.05) is 25.1 Å². The summed E-state index contributed by atoms with van der Waals surface area (Å²) >= 11 is 0. The minimum Gasteiger partial charge on any atom is -0.312 e. The van der Waals surface area contributed by atoms with Crippen LogP contribution in [0.5, 0.6) is 0 Å². The first kappa shape index (κ1) is 12.2. The van der Waals surface area contributed by atoms with Gasteiger partial charge in [-0.05, 0) is 25.5 Å². The van der Waals surface area contributed by atoms with E-state index in [4.69, 9.17) is 9.97 Å². The van der Waals surface area contributed by atoms with Crippen molar-refractivity contribution in [3.63, 3.8) is 0 Å². The lowest BCUT2D eigenvalue weighted by atomic mass is 10.0. The average Bonchev–Trinajstić information content (AvgIpc) is 2.46. The van der Waals surface area contributed by atoms with Crippen LogP contribution in [0.3, 0.4) is 0 Å². The van der Waals surface area contributed by atoms with Crippen molar-refractivity contribution in [2.45, 2.75) is 33.2 Å². The average molecular weight is 254 g/mol. The summed E-state index contributed by atoms with van der Waals surface area (Å²) in [4.78, 5) is 13.9. The van der Waals surface area contributed by atoms with Crippen molar-refractivity contribution in [2.75, 3.05) is 6.54 Å². The van der Waals surface area contributed by atoms with Crippen molar-refractivity contribution >= 4 is 0 Å². The number of aromatic nitrogens is 3. The molecule has 2 aromatic heterocycles. The molecule has 0 fully saturated rings. The summed E-state index contributed by atoms with van der Waals surface area (Å²) in [6.07, 6.45) is 1.91. The Hall–Kier alpha value is -1.81. The third-order valence-electron chi connectivity index (χ3n) is 3.47. The van der Waals surface area contributed by atoms with E-state index in [2.05, 4.69) is 17.2 Å². The lowest BCUT2D eigenvalue weighted by molar-refractivity contribution is 0.618. The highest BCUT2D eigenvalue weighted by atomic mass is 15.0. The van der Waals surface area contributed by atoms with Crippen LogP contribution in [0.25, 0.3) is 11.5 Å². The van der Waals surface area contributed by atoms with Crippen LogP contribution in [-0.4, -0.2) is 21.5 Å². The first-order valence-corrected chi connectivity index (χ1v) is 6.81. The molecule has 0 radical (unpaired) electrons. The van der Waals surface area contributed by atoms with Crippen molar-refractivity contribution in [1.82, 2.24) is 20.3 Å². The van der Waals surface area contributed by atoms with E-state index in [0.717, 1.165) is 48.8 Å². The van der Waals surface area contributed by atoms with E-state index < -0.39 is 0 Å². The van der Waals surface area contributed by atoms with Gasteiger partial charge in [-0.25, -0.2) is 15.0 Å². The number of rotatable bonds is 2. The Morgan fingerprint density at radius 1 is 1.21 bits per heavy atom. The van der Waals surface area contributed by atoms with Gasteiger partial charge in [0.15, 0.2) is 5.82 Å². The summed E-state index contributed by atoms with van der Waals surface area (Å²) in [7, 11) is 0. The maximum absolute atomic E-state index is 4.72. The van der Waals surface area contributed by atoms with Gasteiger partial charge in [0.2, 0.25) is 0 Å². The van der Waals surface area contributed by atoms with Gasteiger partial charge < -0.3 is 5.32 Å². The fourth-order valence-corrected chi connectivity index (χ4v) is 2.49. The number of aryl methyl sites for hydroxylation is 2. The number of fused-ring (bicyclic) bond motifs is 1. The Balaban J connectivity index is 2.12. The van der Waals surface area contributed by atoms with Crippen molar-refractivity contribution in [3.05, 3.63) is 40.8 Å². The highest BCUT2D eigenvalue weighted by Gasteiger charge is 2.17. The SMILES string of the molecule is CCc1nc(-c2cccc(C)n2)nc2c1CNCC2. The van der Waals surface area contributed by atoms with Crippen LogP contribution in [0.15, 0.2) is 18.2 Å². The molecular formula is C15H18N4. The highest BCUT2D eigenvalue weighted by Crippen LogP contribution is 2.21. The summed E-state index contributed by atoms with van der Waals surface area (Å²) in [6.45, 7) is 6.02. The van der Waals surface area contributed by atoms with Gasteiger partial charge in [0.05, 0.1) is 5.69 Å². The van der Waals surface area contributed by atoms with Crippen molar-refractivity contribution < 1.29 is 0 Å². The smallest absolute Gasteiger partial charge is 0.178 e. The third kappa shape index (κ3) is 2.36. The van der Waals surface area contributed by atoms with Gasteiger partial charge >= 0.3 is 0 Å². The Labute approximate surface area is 113 Å². The largest absolute Gasteiger partial charge is 0.312 e. The van der Waals surface area contributed by atoms with Gasteiger partial charge in [-0.2, -0.15) is 0 Å². The molecule has 0 amide bonds. The monoisotopic (exact) mass is 254 g/mol. The van der Waals surface area contributed by atoms with Gasteiger partial charge in [-0.1, -0.05) is 13.0 Å². The normalized spacial score (nSPS) is 14.2. The second-order valence-corrected chi connectivity index (χ2v) is 4.86. The molecule has 0 unspecified atom stereocenters. The summed E-state index contributed by atoms with van der Waals surface area (Å²) in [5.41, 5.74) is 5.49. The summed E-state index contributed by atoms with van der Waals surface area (Å²) in [6, 6.07) is 5.98. The zero-order valence-electron chi connectivity index (χ0n) is 11.4. The molecule has 0 atom stereocenters. The zero-order valence-corrected chi connectivity index (χ0v) is 11.4. The Morgan fingerprint density at radius 3 is 2.89 bits per heavy atom. The van der Waals surface area contributed by atoms with Gasteiger partial charge in [0, 0.05) is 36.5 Å². The Morgan fingerprint density at radius 2 is 2.11 bits per heavy atom. The topological polar surface area (TPSA) is 50.7 Å². The zero-order chi connectivity index (χ0) is 13.2. The Bertz CT molecular complexity index is 590. The number of hydrogen-bond donors (Lipinski definition) is 1. The van der Waals surface area contributed by atoms with E-state index in [1.54, 1.807) is 0 Å². The molecule has 4 heteroatoms. The van der Waals surface area contributed by atoms with Crippen molar-refractivity contribution in [1.29, 1.82) is 0 Å². The molecule has 0 aromatic carbocycles. The second kappa shape index (κ2) is 5.05. The van der Waals surface area contributed by atoms with Crippen LogP contribution >= 0.6 is 0 Å². The molecule has 1 N–H and O–H groups in total. The Kier molecular flexibility index (Phi) is 3.25. The van der Waals surface area contributed by atoms with Gasteiger partial charge in [-0.3, -0.25) is 0 Å². The molecule has 3 rings (SSSR count). The quantitative estimate of drug-likeness (QED) is 0.891. The van der Waals surface area contributed by atoms with Gasteiger partial charge in [0.1, 0.15) is 5.69 Å². The molecular weight excluding hydrogens is 236 g/mol. The van der Waals surface area contributed by atoms with Crippen LogP contribution in [0.2, 0.25) is 0 Å². The molecule has 0 saturated carbocycles. The van der Waals surface area contributed by atoms with Crippen LogP contribution < -0.4 is 5.32 Å². The maximum atomic E-state index is 4.72. The number of nitrogens with one attached hydrogen (secondary N) is 1. The predicted molar refractivity (Wildman–Crippen MR) is 74.8 cm³/mol. The van der Waals surface area contributed by atoms with Gasteiger partial charge in [-0.15, -0.1) is 0 Å². The van der Waals surface area contributed by atoms with Crippen molar-refractivity contribution in [2.24, 2.45) is 0 Å². The van der Waals surface area contributed by atoms with Crippen LogP contribution in [0, 0.1) is 6.92 Å². The minimum atomic E-state index is 0.765. The molecule has 0 saturated heterocycles. The van der Waals surface area contributed by atoms with Gasteiger partial charge in [0.25, 0.3) is 0 Å². The lowest BCUT2D eigenvalue weighted by Gasteiger charge is -2.19. The number of nitrogens with zero attached hydrogens (tertiary/aromatic N) is 3. The van der Waals surface area contributed by atoms with Crippen LogP contribution in [-0.2, 0) is 19.4 Å². The summed E-state index contributed by atoms with van der Waals surface area (Å²) < 4.78 is 0. The maximum Gasteiger partial charge on any atom is 0.178 e. The second-order valence-electron chi connectivity index (χ2n) is 4.86. The standard InChI is InChI=1S/C15H18N4/c1-3-12-11-9-16-8-7-13(11)19-15(18-12)14-6-4-5-10(2)17-14/h4-6,16H,3,7-9H2,1-2H3. The molecule has 0 aliphatic carbocycles. The molecule has 1 aliphatic heterocycles. The third-order valence-corrected chi connectivity index (χ3v) is 3.47. The fourth-order valence-electron chi connectivity index (χ4n) is 2.49. The number of pyridine rings is 1. The molecule has 4 nitrogen and oxygen atoms in total. The first-order valence-electron chi connectivity index (χ1n) is 6.81. The van der Waals surface area contributed by atoms with Crippen LogP contribution in [0.1, 0.15) is 29.6 Å². The van der Waals surface area contributed by atoms with E-state index in [0.29, 0.717) is 0 Å². The van der Waals surface area contributed by atoms with E-state index in [-0.39, 0.29) is 0 Å².